The van der Waals surface area contributed by atoms with Crippen LogP contribution in [0.5, 0.6) is 0 Å². The number of methoxy groups -OCH3 is 1. The molecule has 0 unspecified atom stereocenters. The van der Waals surface area contributed by atoms with Crippen LogP contribution in [0, 0.1) is 5.92 Å². The Morgan fingerprint density at radius 2 is 2.15 bits per heavy atom. The molecule has 0 saturated carbocycles. The molecule has 0 spiro atoms. The Morgan fingerprint density at radius 3 is 2.62 bits per heavy atom. The number of rotatable bonds is 3. The smallest absolute Gasteiger partial charge is 0.0928 e. The van der Waals surface area contributed by atoms with Gasteiger partial charge in [-0.25, -0.2) is 0 Å². The summed E-state index contributed by atoms with van der Waals surface area (Å²) in [5, 5.41) is 9.83. The molecular weight excluding hydrogens is 166 g/mol. The van der Waals surface area contributed by atoms with E-state index in [1.807, 2.05) is 0 Å². The van der Waals surface area contributed by atoms with Crippen molar-refractivity contribution in [3.63, 3.8) is 0 Å². The fourth-order valence-corrected chi connectivity index (χ4v) is 2.69. The maximum absolute atomic E-state index is 9.83. The van der Waals surface area contributed by atoms with E-state index in [0.29, 0.717) is 12.6 Å². The first-order valence-corrected chi connectivity index (χ1v) is 5.22. The molecule has 13 heavy (non-hydrogen) atoms. The molecule has 3 rings (SSSR count). The molecule has 0 radical (unpaired) electrons. The Labute approximate surface area is 79.7 Å². The van der Waals surface area contributed by atoms with Crippen molar-refractivity contribution < 1.29 is 9.84 Å². The van der Waals surface area contributed by atoms with Gasteiger partial charge in [-0.3, -0.25) is 4.90 Å². The summed E-state index contributed by atoms with van der Waals surface area (Å²) in [7, 11) is 1.65. The van der Waals surface area contributed by atoms with E-state index in [9.17, 15) is 5.11 Å². The SMILES string of the molecule is COC[C@H](O)[C@H]1CC2CCN1CC2. The van der Waals surface area contributed by atoms with Gasteiger partial charge >= 0.3 is 0 Å². The van der Waals surface area contributed by atoms with Gasteiger partial charge in [0.05, 0.1) is 12.7 Å². The van der Waals surface area contributed by atoms with Crippen LogP contribution in [0.15, 0.2) is 0 Å². The lowest BCUT2D eigenvalue weighted by Crippen LogP contribution is -2.54. The number of fused-ring (bicyclic) bond motifs is 3. The monoisotopic (exact) mass is 185 g/mol. The van der Waals surface area contributed by atoms with Crippen LogP contribution in [0.1, 0.15) is 19.3 Å². The van der Waals surface area contributed by atoms with Crippen molar-refractivity contribution in [2.75, 3.05) is 26.8 Å². The fourth-order valence-electron chi connectivity index (χ4n) is 2.69. The minimum absolute atomic E-state index is 0.284. The quantitative estimate of drug-likeness (QED) is 0.694. The predicted molar refractivity (Wildman–Crippen MR) is 50.6 cm³/mol. The lowest BCUT2D eigenvalue weighted by atomic mass is 9.81. The fraction of sp³-hybridized carbons (Fsp3) is 1.00. The molecule has 0 aromatic rings. The normalized spacial score (nSPS) is 40.6. The van der Waals surface area contributed by atoms with Gasteiger partial charge in [-0.1, -0.05) is 0 Å². The number of piperidine rings is 3. The third-order valence-electron chi connectivity index (χ3n) is 3.47. The second kappa shape index (κ2) is 3.95. The molecule has 0 aromatic heterocycles. The first-order chi connectivity index (χ1) is 6.31. The maximum atomic E-state index is 9.83. The lowest BCUT2D eigenvalue weighted by molar-refractivity contribution is -0.0524. The van der Waals surface area contributed by atoms with Crippen molar-refractivity contribution in [2.24, 2.45) is 5.92 Å². The second-order valence-electron chi connectivity index (χ2n) is 4.31. The summed E-state index contributed by atoms with van der Waals surface area (Å²) in [4.78, 5) is 2.42. The van der Waals surface area contributed by atoms with Gasteiger partial charge < -0.3 is 9.84 Å². The number of aliphatic hydroxyl groups excluding tert-OH is 1. The van der Waals surface area contributed by atoms with Crippen molar-refractivity contribution >= 4 is 0 Å². The van der Waals surface area contributed by atoms with Crippen LogP contribution in [-0.2, 0) is 4.74 Å². The van der Waals surface area contributed by atoms with E-state index in [1.54, 1.807) is 7.11 Å². The number of hydrogen-bond acceptors (Lipinski definition) is 3. The number of nitrogens with zero attached hydrogens (tertiary/aromatic N) is 1. The van der Waals surface area contributed by atoms with E-state index >= 15 is 0 Å². The van der Waals surface area contributed by atoms with Crippen LogP contribution in [0.4, 0.5) is 0 Å². The summed E-state index contributed by atoms with van der Waals surface area (Å²) >= 11 is 0. The Bertz CT molecular complexity index is 166. The maximum Gasteiger partial charge on any atom is 0.0928 e. The molecule has 0 aliphatic carbocycles. The minimum Gasteiger partial charge on any atom is -0.389 e. The van der Waals surface area contributed by atoms with E-state index in [-0.39, 0.29) is 6.10 Å². The lowest BCUT2D eigenvalue weighted by Gasteiger charge is -2.47. The molecule has 3 fully saturated rings. The molecule has 2 bridgehead atoms. The highest BCUT2D eigenvalue weighted by Gasteiger charge is 2.36. The molecule has 1 N–H and O–H groups in total. The van der Waals surface area contributed by atoms with Crippen molar-refractivity contribution in [3.05, 3.63) is 0 Å². The highest BCUT2D eigenvalue weighted by atomic mass is 16.5. The Hall–Kier alpha value is -0.120. The van der Waals surface area contributed by atoms with Crippen LogP contribution in [0.3, 0.4) is 0 Å². The zero-order valence-corrected chi connectivity index (χ0v) is 8.28. The van der Waals surface area contributed by atoms with Crippen LogP contribution in [0.2, 0.25) is 0 Å². The van der Waals surface area contributed by atoms with E-state index in [4.69, 9.17) is 4.74 Å². The predicted octanol–water partition coefficient (Wildman–Crippen LogP) is 0.478. The third-order valence-corrected chi connectivity index (χ3v) is 3.47. The number of hydrogen-bond donors (Lipinski definition) is 1. The van der Waals surface area contributed by atoms with Crippen LogP contribution in [-0.4, -0.2) is 49.0 Å². The zero-order chi connectivity index (χ0) is 9.26. The second-order valence-corrected chi connectivity index (χ2v) is 4.31. The summed E-state index contributed by atoms with van der Waals surface area (Å²) < 4.78 is 4.99. The van der Waals surface area contributed by atoms with E-state index in [0.717, 1.165) is 5.92 Å². The number of ether oxygens (including phenoxy) is 1. The number of aliphatic hydroxyl groups is 1. The Balaban J connectivity index is 1.92. The van der Waals surface area contributed by atoms with E-state index in [2.05, 4.69) is 4.90 Å². The van der Waals surface area contributed by atoms with E-state index in [1.165, 1.54) is 32.4 Å². The molecule has 3 aliphatic rings. The first-order valence-electron chi connectivity index (χ1n) is 5.22. The molecule has 3 heterocycles. The van der Waals surface area contributed by atoms with Gasteiger partial charge in [-0.05, 0) is 38.3 Å². The average Bonchev–Trinajstić information content (AvgIpc) is 2.20. The minimum atomic E-state index is -0.284. The van der Waals surface area contributed by atoms with Crippen LogP contribution < -0.4 is 0 Å². The standard InChI is InChI=1S/C10H19NO2/c1-13-7-10(12)9-6-8-2-4-11(9)5-3-8/h8-10,12H,2-7H2,1H3/t9-,10+/m1/s1. The summed E-state index contributed by atoms with van der Waals surface area (Å²) in [5.41, 5.74) is 0. The van der Waals surface area contributed by atoms with Gasteiger partial charge in [0, 0.05) is 13.2 Å². The third kappa shape index (κ3) is 1.87. The molecule has 76 valence electrons. The largest absolute Gasteiger partial charge is 0.389 e. The Morgan fingerprint density at radius 1 is 1.46 bits per heavy atom. The summed E-state index contributed by atoms with van der Waals surface area (Å²) in [6.45, 7) is 2.83. The van der Waals surface area contributed by atoms with Gasteiger partial charge in [0.1, 0.15) is 0 Å². The molecule has 0 amide bonds. The van der Waals surface area contributed by atoms with Crippen LogP contribution in [0.25, 0.3) is 0 Å². The molecule has 3 aliphatic heterocycles. The average molecular weight is 185 g/mol. The van der Waals surface area contributed by atoms with Gasteiger partial charge in [0.25, 0.3) is 0 Å². The van der Waals surface area contributed by atoms with Crippen molar-refractivity contribution in [2.45, 2.75) is 31.4 Å². The van der Waals surface area contributed by atoms with Crippen molar-refractivity contribution in [1.82, 2.24) is 4.90 Å². The molecular formula is C10H19NO2. The molecule has 0 aromatic carbocycles. The summed E-state index contributed by atoms with van der Waals surface area (Å²) in [6, 6.07) is 0.368. The van der Waals surface area contributed by atoms with Gasteiger partial charge in [0.2, 0.25) is 0 Å². The van der Waals surface area contributed by atoms with Crippen molar-refractivity contribution in [3.8, 4) is 0 Å². The molecule has 2 atom stereocenters. The highest BCUT2D eigenvalue weighted by Crippen LogP contribution is 2.33. The van der Waals surface area contributed by atoms with Gasteiger partial charge in [-0.2, -0.15) is 0 Å². The molecule has 3 nitrogen and oxygen atoms in total. The Kier molecular flexibility index (Phi) is 2.86. The zero-order valence-electron chi connectivity index (χ0n) is 8.28. The van der Waals surface area contributed by atoms with Crippen LogP contribution >= 0.6 is 0 Å². The summed E-state index contributed by atoms with van der Waals surface area (Å²) in [5.74, 6) is 0.863. The van der Waals surface area contributed by atoms with Gasteiger partial charge in [0.15, 0.2) is 0 Å². The van der Waals surface area contributed by atoms with Gasteiger partial charge in [-0.15, -0.1) is 0 Å². The highest BCUT2D eigenvalue weighted by molar-refractivity contribution is 4.91. The van der Waals surface area contributed by atoms with Crippen molar-refractivity contribution in [1.29, 1.82) is 0 Å². The molecule has 3 saturated heterocycles. The van der Waals surface area contributed by atoms with E-state index < -0.39 is 0 Å². The topological polar surface area (TPSA) is 32.7 Å². The first kappa shape index (κ1) is 9.44. The summed E-state index contributed by atoms with van der Waals surface area (Å²) in [6.07, 6.45) is 3.55. The molecule has 3 heteroatoms.